The average Bonchev–Trinajstić information content (AvgIpc) is 2.69. The zero-order chi connectivity index (χ0) is 19.3. The van der Waals surface area contributed by atoms with Gasteiger partial charge in [0.15, 0.2) is 0 Å². The van der Waals surface area contributed by atoms with E-state index in [0.29, 0.717) is 0 Å². The van der Waals surface area contributed by atoms with Crippen molar-refractivity contribution >= 4 is 11.6 Å². The van der Waals surface area contributed by atoms with Crippen LogP contribution in [0.25, 0.3) is 0 Å². The second-order valence-electron chi connectivity index (χ2n) is 6.51. The third kappa shape index (κ3) is 4.20. The van der Waals surface area contributed by atoms with Gasteiger partial charge < -0.3 is 5.32 Å². The van der Waals surface area contributed by atoms with Gasteiger partial charge >= 0.3 is 0 Å². The van der Waals surface area contributed by atoms with Gasteiger partial charge in [0.1, 0.15) is 0 Å². The maximum Gasteiger partial charge on any atom is 0.269 e. The lowest BCUT2D eigenvalue weighted by Crippen LogP contribution is -2.45. The Morgan fingerprint density at radius 3 is 1.81 bits per heavy atom. The molecule has 5 nitrogen and oxygen atoms in total. The van der Waals surface area contributed by atoms with E-state index < -0.39 is 10.5 Å². The van der Waals surface area contributed by atoms with Crippen LogP contribution in [0, 0.1) is 10.1 Å². The first kappa shape index (κ1) is 18.3. The zero-order valence-electron chi connectivity index (χ0n) is 15.0. The molecule has 0 aliphatic rings. The van der Waals surface area contributed by atoms with Gasteiger partial charge in [-0.25, -0.2) is 0 Å². The summed E-state index contributed by atoms with van der Waals surface area (Å²) >= 11 is 0. The quantitative estimate of drug-likeness (QED) is 0.528. The van der Waals surface area contributed by atoms with Crippen molar-refractivity contribution in [2.24, 2.45) is 0 Å². The number of nitrogens with zero attached hydrogens (tertiary/aromatic N) is 1. The Morgan fingerprint density at radius 1 is 0.889 bits per heavy atom. The molecule has 0 radical (unpaired) electrons. The number of nitro groups is 1. The fraction of sp³-hybridized carbons (Fsp3) is 0.136. The highest BCUT2D eigenvalue weighted by molar-refractivity contribution is 5.80. The largest absolute Gasteiger partial charge is 0.342 e. The lowest BCUT2D eigenvalue weighted by atomic mass is 9.84. The van der Waals surface area contributed by atoms with Gasteiger partial charge in [0.25, 0.3) is 5.69 Å². The molecular formula is C22H20N2O3. The molecule has 3 aromatic carbocycles. The van der Waals surface area contributed by atoms with Crippen molar-refractivity contribution in [3.05, 3.63) is 112 Å². The Bertz CT molecular complexity index is 883. The van der Waals surface area contributed by atoms with Crippen LogP contribution in [-0.4, -0.2) is 10.8 Å². The lowest BCUT2D eigenvalue weighted by Gasteiger charge is -2.32. The fourth-order valence-corrected chi connectivity index (χ4v) is 3.10. The van der Waals surface area contributed by atoms with Gasteiger partial charge in [-0.15, -0.1) is 0 Å². The van der Waals surface area contributed by atoms with Crippen LogP contribution in [0.5, 0.6) is 0 Å². The van der Waals surface area contributed by atoms with Crippen molar-refractivity contribution in [1.82, 2.24) is 5.32 Å². The van der Waals surface area contributed by atoms with Crippen LogP contribution >= 0.6 is 0 Å². The second kappa shape index (κ2) is 7.83. The number of benzene rings is 3. The van der Waals surface area contributed by atoms with E-state index >= 15 is 0 Å². The minimum absolute atomic E-state index is 0.0116. The fourth-order valence-electron chi connectivity index (χ4n) is 3.10. The summed E-state index contributed by atoms with van der Waals surface area (Å²) < 4.78 is 0. The Hall–Kier alpha value is -3.47. The summed E-state index contributed by atoms with van der Waals surface area (Å²) in [5.74, 6) is -0.154. The number of carbonyl (C=O) groups is 1. The molecule has 0 unspecified atom stereocenters. The number of rotatable bonds is 6. The molecule has 0 aliphatic heterocycles. The smallest absolute Gasteiger partial charge is 0.269 e. The molecule has 3 rings (SSSR count). The highest BCUT2D eigenvalue weighted by atomic mass is 16.6. The topological polar surface area (TPSA) is 72.2 Å². The first-order chi connectivity index (χ1) is 13.0. The molecule has 1 N–H and O–H groups in total. The molecule has 0 saturated carbocycles. The van der Waals surface area contributed by atoms with E-state index in [1.807, 2.05) is 67.6 Å². The van der Waals surface area contributed by atoms with Gasteiger partial charge in [0.2, 0.25) is 5.91 Å². The first-order valence-corrected chi connectivity index (χ1v) is 8.64. The Kier molecular flexibility index (Phi) is 5.31. The normalized spacial score (nSPS) is 11.0. The van der Waals surface area contributed by atoms with Crippen molar-refractivity contribution in [3.63, 3.8) is 0 Å². The summed E-state index contributed by atoms with van der Waals surface area (Å²) in [6, 6.07) is 25.6. The second-order valence-corrected chi connectivity index (χ2v) is 6.51. The number of hydrogen-bond acceptors (Lipinski definition) is 3. The number of carbonyl (C=O) groups excluding carboxylic acids is 1. The van der Waals surface area contributed by atoms with Crippen LogP contribution in [0.1, 0.15) is 23.6 Å². The highest BCUT2D eigenvalue weighted by Gasteiger charge is 2.30. The molecule has 0 spiro atoms. The van der Waals surface area contributed by atoms with Crippen LogP contribution in [0.15, 0.2) is 84.9 Å². The monoisotopic (exact) mass is 360 g/mol. The predicted molar refractivity (Wildman–Crippen MR) is 104 cm³/mol. The third-order valence-corrected chi connectivity index (χ3v) is 4.60. The molecule has 3 aromatic rings. The average molecular weight is 360 g/mol. The summed E-state index contributed by atoms with van der Waals surface area (Å²) in [5.41, 5.74) is 2.01. The summed E-state index contributed by atoms with van der Waals surface area (Å²) in [6.07, 6.45) is 0.146. The van der Waals surface area contributed by atoms with Crippen LogP contribution in [-0.2, 0) is 16.8 Å². The molecule has 5 heteroatoms. The SMILES string of the molecule is CC(NC(=O)Cc1ccc([N+](=O)[O-])cc1)(c1ccccc1)c1ccccc1. The predicted octanol–water partition coefficient (Wildman–Crippen LogP) is 4.22. The Balaban J connectivity index is 1.84. The van der Waals surface area contributed by atoms with Crippen LogP contribution in [0.3, 0.4) is 0 Å². The van der Waals surface area contributed by atoms with Gasteiger partial charge in [-0.05, 0) is 23.6 Å². The standard InChI is InChI=1S/C22H20N2O3/c1-22(18-8-4-2-5-9-18,19-10-6-3-7-11-19)23-21(25)16-17-12-14-20(15-13-17)24(26)27/h2-15H,16H2,1H3,(H,23,25). The summed E-state index contributed by atoms with van der Waals surface area (Å²) in [6.45, 7) is 1.98. The minimum atomic E-state index is -0.680. The van der Waals surface area contributed by atoms with Gasteiger partial charge in [-0.3, -0.25) is 14.9 Å². The van der Waals surface area contributed by atoms with Crippen molar-refractivity contribution in [1.29, 1.82) is 0 Å². The van der Waals surface area contributed by atoms with Crippen molar-refractivity contribution in [2.45, 2.75) is 18.9 Å². The zero-order valence-corrected chi connectivity index (χ0v) is 15.0. The number of amides is 1. The van der Waals surface area contributed by atoms with Crippen LogP contribution in [0.4, 0.5) is 5.69 Å². The van der Waals surface area contributed by atoms with Crippen molar-refractivity contribution in [3.8, 4) is 0 Å². The van der Waals surface area contributed by atoms with Gasteiger partial charge in [0, 0.05) is 12.1 Å². The lowest BCUT2D eigenvalue weighted by molar-refractivity contribution is -0.384. The van der Waals surface area contributed by atoms with E-state index in [9.17, 15) is 14.9 Å². The number of nitro benzene ring substituents is 1. The molecule has 0 saturated heterocycles. The van der Waals surface area contributed by atoms with Crippen molar-refractivity contribution < 1.29 is 9.72 Å². The van der Waals surface area contributed by atoms with Gasteiger partial charge in [-0.2, -0.15) is 0 Å². The van der Waals surface area contributed by atoms with Crippen LogP contribution in [0.2, 0.25) is 0 Å². The maximum absolute atomic E-state index is 12.7. The molecule has 0 atom stereocenters. The summed E-state index contributed by atoms with van der Waals surface area (Å²) in [5, 5.41) is 13.9. The molecule has 0 heterocycles. The number of hydrogen-bond donors (Lipinski definition) is 1. The maximum atomic E-state index is 12.7. The molecular weight excluding hydrogens is 340 g/mol. The van der Waals surface area contributed by atoms with E-state index in [4.69, 9.17) is 0 Å². The van der Waals surface area contributed by atoms with Crippen LogP contribution < -0.4 is 5.32 Å². The van der Waals surface area contributed by atoms with E-state index in [0.717, 1.165) is 16.7 Å². The molecule has 0 aromatic heterocycles. The van der Waals surface area contributed by atoms with E-state index in [-0.39, 0.29) is 18.0 Å². The summed E-state index contributed by atoms with van der Waals surface area (Å²) in [7, 11) is 0. The highest BCUT2D eigenvalue weighted by Crippen LogP contribution is 2.29. The number of nitrogens with one attached hydrogen (secondary N) is 1. The Labute approximate surface area is 157 Å². The molecule has 0 bridgehead atoms. The van der Waals surface area contributed by atoms with E-state index in [1.165, 1.54) is 12.1 Å². The van der Waals surface area contributed by atoms with Crippen molar-refractivity contribution in [2.75, 3.05) is 0 Å². The first-order valence-electron chi connectivity index (χ1n) is 8.64. The summed E-state index contributed by atoms with van der Waals surface area (Å²) in [4.78, 5) is 23.1. The molecule has 0 fully saturated rings. The van der Waals surface area contributed by atoms with E-state index in [1.54, 1.807) is 12.1 Å². The molecule has 1 amide bonds. The third-order valence-electron chi connectivity index (χ3n) is 4.60. The number of non-ortho nitro benzene ring substituents is 1. The van der Waals surface area contributed by atoms with Gasteiger partial charge in [-0.1, -0.05) is 72.8 Å². The molecule has 0 aliphatic carbocycles. The molecule has 27 heavy (non-hydrogen) atoms. The minimum Gasteiger partial charge on any atom is -0.342 e. The molecule has 136 valence electrons. The Morgan fingerprint density at radius 2 is 1.37 bits per heavy atom. The van der Waals surface area contributed by atoms with E-state index in [2.05, 4.69) is 5.32 Å². The van der Waals surface area contributed by atoms with Gasteiger partial charge in [0.05, 0.1) is 16.9 Å².